The minimum atomic E-state index is -4.87. The predicted molar refractivity (Wildman–Crippen MR) is 145 cm³/mol. The fourth-order valence-electron chi connectivity index (χ4n) is 7.24. The Hall–Kier alpha value is -1.82. The van der Waals surface area contributed by atoms with Gasteiger partial charge in [-0.05, 0) is 61.1 Å². The number of aryl methyl sites for hydroxylation is 1. The highest BCUT2D eigenvalue weighted by atomic mass is 28.3. The molecule has 1 aliphatic carbocycles. The van der Waals surface area contributed by atoms with E-state index in [-0.39, 0.29) is 0 Å². The summed E-state index contributed by atoms with van der Waals surface area (Å²) < 4.78 is 54.6. The molecule has 0 N–H and O–H groups in total. The Labute approximate surface area is 221 Å². The fourth-order valence-corrected chi connectivity index (χ4v) is 12.6. The highest BCUT2D eigenvalue weighted by Crippen LogP contribution is 2.44. The van der Waals surface area contributed by atoms with Crippen molar-refractivity contribution < 1.29 is 22.3 Å². The smallest absolute Gasteiger partial charge is 0.403 e. The van der Waals surface area contributed by atoms with Crippen LogP contribution in [0.1, 0.15) is 76.7 Å². The SMILES string of the molecule is CCC[Si]1(c2ccccc2)CCC(C2CCC(CCCCc3ccc(OC(F)(F)F)c(F)c3)CC2)CC1. The Morgan fingerprint density at radius 3 is 2.16 bits per heavy atom. The van der Waals surface area contributed by atoms with E-state index in [1.54, 1.807) is 5.19 Å². The van der Waals surface area contributed by atoms with Gasteiger partial charge in [-0.1, -0.05) is 112 Å². The Bertz CT molecular complexity index is 961. The lowest BCUT2D eigenvalue weighted by Gasteiger charge is -2.43. The molecule has 0 amide bonds. The van der Waals surface area contributed by atoms with E-state index in [0.717, 1.165) is 42.2 Å². The zero-order valence-corrected chi connectivity index (χ0v) is 23.2. The van der Waals surface area contributed by atoms with Gasteiger partial charge >= 0.3 is 6.36 Å². The van der Waals surface area contributed by atoms with Crippen LogP contribution in [0.25, 0.3) is 0 Å². The molecule has 0 atom stereocenters. The third-order valence-corrected chi connectivity index (χ3v) is 14.7. The number of hydrogen-bond acceptors (Lipinski definition) is 1. The van der Waals surface area contributed by atoms with Crippen LogP contribution in [0, 0.1) is 23.6 Å². The summed E-state index contributed by atoms with van der Waals surface area (Å²) in [4.78, 5) is 0. The molecule has 0 radical (unpaired) electrons. The molecule has 2 aliphatic rings. The van der Waals surface area contributed by atoms with E-state index in [9.17, 15) is 17.6 Å². The zero-order chi connectivity index (χ0) is 26.3. The molecule has 4 rings (SSSR count). The standard InChI is InChI=1S/C31H42F4OSi/c1-2-20-37(28-10-4-3-5-11-28)21-18-27(19-22-37)26-15-12-24(13-16-26)8-6-7-9-25-14-17-30(29(32)23-25)36-31(33,34)35/h3-5,10-11,14,17,23-24,26-27H,2,6-9,12-13,15-16,18-22H2,1H3. The second kappa shape index (κ2) is 12.8. The molecule has 1 aliphatic heterocycles. The molecule has 37 heavy (non-hydrogen) atoms. The first-order valence-corrected chi connectivity index (χ1v) is 17.0. The van der Waals surface area contributed by atoms with E-state index in [1.165, 1.54) is 81.6 Å². The van der Waals surface area contributed by atoms with E-state index >= 15 is 0 Å². The third-order valence-electron chi connectivity index (χ3n) is 9.21. The van der Waals surface area contributed by atoms with Crippen LogP contribution in [-0.4, -0.2) is 14.4 Å². The summed E-state index contributed by atoms with van der Waals surface area (Å²) in [7, 11) is -1.33. The summed E-state index contributed by atoms with van der Waals surface area (Å²) in [5.41, 5.74) is 0.728. The second-order valence-electron chi connectivity index (χ2n) is 11.6. The molecule has 6 heteroatoms. The van der Waals surface area contributed by atoms with Gasteiger partial charge in [0.15, 0.2) is 11.6 Å². The van der Waals surface area contributed by atoms with Crippen molar-refractivity contribution in [1.29, 1.82) is 0 Å². The molecule has 1 nitrogen and oxygen atoms in total. The lowest BCUT2D eigenvalue weighted by Crippen LogP contribution is -2.50. The fraction of sp³-hybridized carbons (Fsp3) is 0.613. The van der Waals surface area contributed by atoms with Crippen molar-refractivity contribution in [3.05, 3.63) is 59.9 Å². The molecule has 1 saturated heterocycles. The number of alkyl halides is 3. The quantitative estimate of drug-likeness (QED) is 0.168. The normalized spacial score (nSPS) is 26.7. The lowest BCUT2D eigenvalue weighted by molar-refractivity contribution is -0.275. The van der Waals surface area contributed by atoms with Crippen LogP contribution in [0.2, 0.25) is 18.1 Å². The van der Waals surface area contributed by atoms with Crippen molar-refractivity contribution in [2.24, 2.45) is 17.8 Å². The van der Waals surface area contributed by atoms with E-state index in [1.807, 2.05) is 0 Å². The van der Waals surface area contributed by atoms with Crippen molar-refractivity contribution >= 4 is 13.3 Å². The van der Waals surface area contributed by atoms with Gasteiger partial charge < -0.3 is 4.74 Å². The molecule has 0 unspecified atom stereocenters. The van der Waals surface area contributed by atoms with Gasteiger partial charge in [-0.15, -0.1) is 13.2 Å². The van der Waals surface area contributed by atoms with Gasteiger partial charge in [0, 0.05) is 0 Å². The van der Waals surface area contributed by atoms with Crippen LogP contribution in [0.5, 0.6) is 5.75 Å². The molecule has 204 valence electrons. The average Bonchev–Trinajstić information content (AvgIpc) is 2.89. The third kappa shape index (κ3) is 7.84. The molecule has 0 aromatic heterocycles. The van der Waals surface area contributed by atoms with Crippen LogP contribution >= 0.6 is 0 Å². The van der Waals surface area contributed by atoms with Gasteiger partial charge in [0.1, 0.15) is 0 Å². The number of hydrogen-bond donors (Lipinski definition) is 0. The van der Waals surface area contributed by atoms with Gasteiger partial charge in [0.25, 0.3) is 0 Å². The van der Waals surface area contributed by atoms with E-state index in [2.05, 4.69) is 42.0 Å². The number of ether oxygens (including phenoxy) is 1. The molecule has 2 aromatic carbocycles. The van der Waals surface area contributed by atoms with E-state index in [4.69, 9.17) is 0 Å². The monoisotopic (exact) mass is 534 g/mol. The topological polar surface area (TPSA) is 9.23 Å². The van der Waals surface area contributed by atoms with Crippen molar-refractivity contribution in [1.82, 2.24) is 0 Å². The van der Waals surface area contributed by atoms with Crippen molar-refractivity contribution in [2.45, 2.75) is 102 Å². The first kappa shape index (κ1) is 28.2. The first-order chi connectivity index (χ1) is 17.8. The lowest BCUT2D eigenvalue weighted by atomic mass is 9.73. The summed E-state index contributed by atoms with van der Waals surface area (Å²) in [6.45, 7) is 2.35. The Morgan fingerprint density at radius 1 is 0.865 bits per heavy atom. The number of benzene rings is 2. The minimum absolute atomic E-state index is 0.686. The van der Waals surface area contributed by atoms with Crippen LogP contribution < -0.4 is 9.92 Å². The van der Waals surface area contributed by atoms with Crippen molar-refractivity contribution in [3.63, 3.8) is 0 Å². The van der Waals surface area contributed by atoms with Gasteiger partial charge in [-0.3, -0.25) is 0 Å². The van der Waals surface area contributed by atoms with Crippen LogP contribution in [-0.2, 0) is 6.42 Å². The summed E-state index contributed by atoms with van der Waals surface area (Å²) in [5, 5.41) is 1.69. The zero-order valence-electron chi connectivity index (χ0n) is 22.2. The summed E-state index contributed by atoms with van der Waals surface area (Å²) in [6, 6.07) is 19.6. The Balaban J connectivity index is 1.16. The molecule has 2 fully saturated rings. The molecule has 1 saturated carbocycles. The van der Waals surface area contributed by atoms with E-state index in [0.29, 0.717) is 6.42 Å². The highest BCUT2D eigenvalue weighted by molar-refractivity contribution is 6.92. The van der Waals surface area contributed by atoms with E-state index < -0.39 is 26.0 Å². The minimum Gasteiger partial charge on any atom is -0.403 e. The second-order valence-corrected chi connectivity index (χ2v) is 16.2. The molecule has 0 bridgehead atoms. The Morgan fingerprint density at radius 2 is 1.54 bits per heavy atom. The molecule has 0 spiro atoms. The predicted octanol–water partition coefficient (Wildman–Crippen LogP) is 9.42. The molecule has 2 aromatic rings. The van der Waals surface area contributed by atoms with Crippen LogP contribution in [0.15, 0.2) is 48.5 Å². The van der Waals surface area contributed by atoms with Gasteiger partial charge in [0.05, 0.1) is 8.07 Å². The molecular formula is C31H42F4OSi. The van der Waals surface area contributed by atoms with Crippen molar-refractivity contribution in [3.8, 4) is 5.75 Å². The van der Waals surface area contributed by atoms with Gasteiger partial charge in [-0.2, -0.15) is 0 Å². The number of rotatable bonds is 10. The number of halogens is 4. The average molecular weight is 535 g/mol. The summed E-state index contributed by atoms with van der Waals surface area (Å²) >= 11 is 0. The first-order valence-electron chi connectivity index (χ1n) is 14.4. The maximum absolute atomic E-state index is 13.9. The maximum atomic E-state index is 13.9. The van der Waals surface area contributed by atoms with Crippen LogP contribution in [0.4, 0.5) is 17.6 Å². The molecule has 1 heterocycles. The van der Waals surface area contributed by atoms with Crippen molar-refractivity contribution in [2.75, 3.05) is 0 Å². The van der Waals surface area contributed by atoms with Crippen LogP contribution in [0.3, 0.4) is 0 Å². The largest absolute Gasteiger partial charge is 0.573 e. The number of unbranched alkanes of at least 4 members (excludes halogenated alkanes) is 1. The molecular weight excluding hydrogens is 492 g/mol. The van der Waals surface area contributed by atoms with Gasteiger partial charge in [0.2, 0.25) is 0 Å². The Kier molecular flexibility index (Phi) is 9.77. The summed E-state index contributed by atoms with van der Waals surface area (Å²) in [5.74, 6) is 0.901. The summed E-state index contributed by atoms with van der Waals surface area (Å²) in [6.07, 6.45) is 8.61. The maximum Gasteiger partial charge on any atom is 0.573 e. The van der Waals surface area contributed by atoms with Gasteiger partial charge in [-0.25, -0.2) is 4.39 Å². The highest BCUT2D eigenvalue weighted by Gasteiger charge is 2.40.